The highest BCUT2D eigenvalue weighted by Crippen LogP contribution is 2.25. The molecule has 0 fully saturated rings. The molecule has 10 nitrogen and oxygen atoms in total. The van der Waals surface area contributed by atoms with Crippen LogP contribution in [0, 0.1) is 0 Å². The lowest BCUT2D eigenvalue weighted by Crippen LogP contribution is -2.46. The molecule has 2 aromatic carbocycles. The minimum absolute atomic E-state index is 0.0397. The molecule has 4 aromatic rings. The molecule has 2 heterocycles. The van der Waals surface area contributed by atoms with Crippen LogP contribution in [0.15, 0.2) is 85.6 Å². The van der Waals surface area contributed by atoms with Gasteiger partial charge in [-0.1, -0.05) is 53.5 Å². The van der Waals surface area contributed by atoms with E-state index >= 15 is 0 Å². The van der Waals surface area contributed by atoms with Gasteiger partial charge in [0.15, 0.2) is 11.4 Å². The van der Waals surface area contributed by atoms with Gasteiger partial charge in [0.05, 0.1) is 29.3 Å². The lowest BCUT2D eigenvalue weighted by molar-refractivity contribution is -0.595. The number of nitrogens with two attached hydrogens (primary N) is 1. The third kappa shape index (κ3) is 8.37. The van der Waals surface area contributed by atoms with Gasteiger partial charge in [0.1, 0.15) is 17.9 Å². The van der Waals surface area contributed by atoms with Crippen LogP contribution in [0.3, 0.4) is 0 Å². The zero-order valence-electron chi connectivity index (χ0n) is 22.0. The van der Waals surface area contributed by atoms with Crippen LogP contribution in [0.4, 0.5) is 0 Å². The molecule has 212 valence electrons. The number of amides is 2. The summed E-state index contributed by atoms with van der Waals surface area (Å²) in [5, 5.41) is 13.0. The summed E-state index contributed by atoms with van der Waals surface area (Å²) in [7, 11) is 0. The number of primary amides is 1. The fraction of sp³-hybridized carbons (Fsp3) is 0.207. The number of benzene rings is 2. The van der Waals surface area contributed by atoms with Crippen LogP contribution >= 0.6 is 23.2 Å². The predicted octanol–water partition coefficient (Wildman–Crippen LogP) is 2.95. The highest BCUT2D eigenvalue weighted by Gasteiger charge is 2.24. The van der Waals surface area contributed by atoms with Crippen LogP contribution in [0.5, 0.6) is 0 Å². The van der Waals surface area contributed by atoms with Crippen molar-refractivity contribution in [2.75, 3.05) is 13.1 Å². The van der Waals surface area contributed by atoms with E-state index in [1.807, 2.05) is 64.1 Å². The molecule has 4 rings (SSSR count). The van der Waals surface area contributed by atoms with Crippen LogP contribution in [0.1, 0.15) is 17.7 Å². The topological polar surface area (TPSA) is 134 Å². The van der Waals surface area contributed by atoms with E-state index < -0.39 is 23.8 Å². The average Bonchev–Trinajstić information content (AvgIpc) is 3.37. The summed E-state index contributed by atoms with van der Waals surface area (Å²) < 4.78 is 3.73. The Hall–Kier alpha value is -4.25. The van der Waals surface area contributed by atoms with E-state index in [9.17, 15) is 19.5 Å². The third-order valence-electron chi connectivity index (χ3n) is 6.32. The van der Waals surface area contributed by atoms with Gasteiger partial charge in [0, 0.05) is 31.6 Å². The highest BCUT2D eigenvalue weighted by molar-refractivity contribution is 6.42. The molecule has 41 heavy (non-hydrogen) atoms. The number of nitrogens with zero attached hydrogens (tertiary/aromatic N) is 4. The van der Waals surface area contributed by atoms with Crippen molar-refractivity contribution in [1.29, 1.82) is 0 Å². The Kier molecular flexibility index (Phi) is 10.1. The second-order valence-electron chi connectivity index (χ2n) is 9.39. The SMILES string of the molecule is NC(=O)[C@H](Cc1ccccc1)NC(=O)CCN(CC(=O)O)Cc1c[n+](-c2cccnc2)cn1-c1ccc(Cl)c(Cl)c1. The van der Waals surface area contributed by atoms with Crippen LogP contribution in [-0.2, 0) is 27.3 Å². The molecule has 0 spiro atoms. The van der Waals surface area contributed by atoms with Crippen LogP contribution < -0.4 is 15.6 Å². The number of carbonyl (C=O) groups is 3. The quantitative estimate of drug-likeness (QED) is 0.203. The molecule has 0 aliphatic heterocycles. The third-order valence-corrected chi connectivity index (χ3v) is 7.06. The molecule has 0 saturated heterocycles. The molecule has 12 heteroatoms. The Morgan fingerprint density at radius 1 is 1.07 bits per heavy atom. The molecular weight excluding hydrogens is 567 g/mol. The number of carboxylic acids is 1. The maximum atomic E-state index is 12.8. The Morgan fingerprint density at radius 2 is 1.85 bits per heavy atom. The first-order valence-corrected chi connectivity index (χ1v) is 13.5. The van der Waals surface area contributed by atoms with Gasteiger partial charge in [-0.3, -0.25) is 24.3 Å². The molecule has 1 atom stereocenters. The first-order chi connectivity index (χ1) is 19.7. The highest BCUT2D eigenvalue weighted by atomic mass is 35.5. The van der Waals surface area contributed by atoms with Crippen molar-refractivity contribution in [2.24, 2.45) is 5.73 Å². The van der Waals surface area contributed by atoms with Crippen molar-refractivity contribution in [3.05, 3.63) is 107 Å². The Balaban J connectivity index is 1.53. The second-order valence-corrected chi connectivity index (χ2v) is 10.2. The molecule has 0 aliphatic rings. The van der Waals surface area contributed by atoms with E-state index in [1.54, 1.807) is 35.5 Å². The Morgan fingerprint density at radius 3 is 2.51 bits per heavy atom. The first-order valence-electron chi connectivity index (χ1n) is 12.7. The number of carbonyl (C=O) groups excluding carboxylic acids is 2. The predicted molar refractivity (Wildman–Crippen MR) is 154 cm³/mol. The smallest absolute Gasteiger partial charge is 0.317 e. The number of hydrogen-bond acceptors (Lipinski definition) is 5. The lowest BCUT2D eigenvalue weighted by atomic mass is 10.1. The van der Waals surface area contributed by atoms with Crippen molar-refractivity contribution in [2.45, 2.75) is 25.4 Å². The fourth-order valence-corrected chi connectivity index (χ4v) is 4.61. The zero-order valence-corrected chi connectivity index (χ0v) is 23.5. The van der Waals surface area contributed by atoms with Crippen molar-refractivity contribution in [3.63, 3.8) is 0 Å². The minimum Gasteiger partial charge on any atom is -0.480 e. The van der Waals surface area contributed by atoms with Gasteiger partial charge >= 0.3 is 5.97 Å². The summed E-state index contributed by atoms with van der Waals surface area (Å²) in [6.07, 6.45) is 7.28. The summed E-state index contributed by atoms with van der Waals surface area (Å²) in [5.74, 6) is -2.10. The number of pyridine rings is 1. The molecule has 0 bridgehead atoms. The maximum Gasteiger partial charge on any atom is 0.317 e. The summed E-state index contributed by atoms with van der Waals surface area (Å²) in [4.78, 5) is 42.3. The van der Waals surface area contributed by atoms with Crippen molar-refractivity contribution in [3.8, 4) is 11.4 Å². The summed E-state index contributed by atoms with van der Waals surface area (Å²) in [6, 6.07) is 17.2. The molecule has 0 saturated carbocycles. The van der Waals surface area contributed by atoms with Gasteiger partial charge in [-0.15, -0.1) is 0 Å². The van der Waals surface area contributed by atoms with Gasteiger partial charge in [-0.05, 0) is 29.8 Å². The van der Waals surface area contributed by atoms with Crippen molar-refractivity contribution >= 4 is 41.0 Å². The summed E-state index contributed by atoms with van der Waals surface area (Å²) in [6.45, 7) is 0.000734. The Bertz CT molecular complexity index is 1510. The van der Waals surface area contributed by atoms with E-state index in [0.717, 1.165) is 22.6 Å². The van der Waals surface area contributed by atoms with Crippen LogP contribution in [0.2, 0.25) is 10.0 Å². The number of rotatable bonds is 13. The van der Waals surface area contributed by atoms with E-state index in [0.29, 0.717) is 10.0 Å². The number of imidazole rings is 1. The van der Waals surface area contributed by atoms with E-state index in [-0.39, 0.29) is 32.5 Å². The molecule has 0 aliphatic carbocycles. The molecule has 4 N–H and O–H groups in total. The standard InChI is InChI=1S/C29H28Cl2N6O4/c30-24-9-8-21(14-25(24)31)37-19-36(22-7-4-11-33-15-22)17-23(37)16-35(18-28(39)40)12-10-27(38)34-26(29(32)41)13-20-5-2-1-3-6-20/h1-9,11,14-15,17,19,26H,10,12-13,16,18H2,(H3-,32,34,38,39,40,41)/p+1/t26-/m0/s1. The number of nitrogens with one attached hydrogen (secondary N) is 1. The van der Waals surface area contributed by atoms with E-state index in [4.69, 9.17) is 28.9 Å². The van der Waals surface area contributed by atoms with E-state index in [1.165, 1.54) is 0 Å². The first kappa shape index (κ1) is 29.7. The zero-order chi connectivity index (χ0) is 29.4. The van der Waals surface area contributed by atoms with Crippen LogP contribution in [-0.4, -0.2) is 56.5 Å². The summed E-state index contributed by atoms with van der Waals surface area (Å²) in [5.41, 5.74) is 8.63. The fourth-order valence-electron chi connectivity index (χ4n) is 4.32. The van der Waals surface area contributed by atoms with Gasteiger partial charge < -0.3 is 16.2 Å². The van der Waals surface area contributed by atoms with Crippen molar-refractivity contribution in [1.82, 2.24) is 19.8 Å². The van der Waals surface area contributed by atoms with Gasteiger partial charge in [0.2, 0.25) is 11.8 Å². The monoisotopic (exact) mass is 595 g/mol. The molecule has 0 unspecified atom stereocenters. The largest absolute Gasteiger partial charge is 0.480 e. The van der Waals surface area contributed by atoms with Gasteiger partial charge in [0.25, 0.3) is 6.33 Å². The Labute approximate surface area is 246 Å². The van der Waals surface area contributed by atoms with Gasteiger partial charge in [-0.25, -0.2) is 4.57 Å². The number of aromatic nitrogens is 3. The lowest BCUT2D eigenvalue weighted by Gasteiger charge is -2.20. The number of halogens is 2. The summed E-state index contributed by atoms with van der Waals surface area (Å²) >= 11 is 12.4. The molecule has 2 aromatic heterocycles. The molecule has 2 amide bonds. The van der Waals surface area contributed by atoms with E-state index in [2.05, 4.69) is 10.3 Å². The number of aliphatic carboxylic acids is 1. The average molecular weight is 596 g/mol. The van der Waals surface area contributed by atoms with Crippen LogP contribution in [0.25, 0.3) is 11.4 Å². The molecule has 0 radical (unpaired) electrons. The normalized spacial score (nSPS) is 11.8. The molecular formula is C29H29Cl2N6O4+. The van der Waals surface area contributed by atoms with Crippen molar-refractivity contribution < 1.29 is 24.1 Å². The maximum absolute atomic E-state index is 12.8. The number of carboxylic acid groups (broad SMARTS) is 1. The van der Waals surface area contributed by atoms with Gasteiger partial charge in [-0.2, -0.15) is 4.57 Å². The minimum atomic E-state index is -1.04. The second kappa shape index (κ2) is 13.9. The number of hydrogen-bond donors (Lipinski definition) is 3.